The first-order valence-electron chi connectivity index (χ1n) is 5.35. The number of ether oxygens (including phenoxy) is 2. The largest absolute Gasteiger partial charge is 0.381 e. The molecule has 0 heterocycles. The molecule has 1 saturated carbocycles. The molecule has 0 radical (unpaired) electrons. The standard InChI is InChI=1S/C9H18O2.C2H6/c1-7-8(10-2)5-4-6-9(7)11-3;1-2/h7-9H,4-6H2,1-3H3;1-2H3. The van der Waals surface area contributed by atoms with Crippen molar-refractivity contribution in [2.75, 3.05) is 14.2 Å². The fraction of sp³-hybridized carbons (Fsp3) is 1.00. The first-order chi connectivity index (χ1) is 6.29. The van der Waals surface area contributed by atoms with Gasteiger partial charge in [-0.25, -0.2) is 0 Å². The highest BCUT2D eigenvalue weighted by Crippen LogP contribution is 2.28. The topological polar surface area (TPSA) is 18.5 Å². The zero-order valence-corrected chi connectivity index (χ0v) is 9.67. The van der Waals surface area contributed by atoms with Gasteiger partial charge in [-0.3, -0.25) is 0 Å². The van der Waals surface area contributed by atoms with Gasteiger partial charge in [0.25, 0.3) is 0 Å². The number of methoxy groups -OCH3 is 2. The summed E-state index contributed by atoms with van der Waals surface area (Å²) in [5, 5.41) is 0. The van der Waals surface area contributed by atoms with Gasteiger partial charge < -0.3 is 9.47 Å². The van der Waals surface area contributed by atoms with Gasteiger partial charge >= 0.3 is 0 Å². The van der Waals surface area contributed by atoms with Crippen LogP contribution >= 0.6 is 0 Å². The molecule has 0 aromatic rings. The van der Waals surface area contributed by atoms with Gasteiger partial charge in [-0.05, 0) is 19.3 Å². The Kier molecular flexibility index (Phi) is 7.29. The van der Waals surface area contributed by atoms with Crippen molar-refractivity contribution >= 4 is 0 Å². The third kappa shape index (κ3) is 3.65. The van der Waals surface area contributed by atoms with Crippen LogP contribution in [0.15, 0.2) is 0 Å². The Balaban J connectivity index is 0.000000671. The molecule has 0 aromatic carbocycles. The Hall–Kier alpha value is -0.0800. The summed E-state index contributed by atoms with van der Waals surface area (Å²) in [6.07, 6.45) is 4.44. The maximum atomic E-state index is 5.36. The lowest BCUT2D eigenvalue weighted by Crippen LogP contribution is -2.36. The molecule has 2 nitrogen and oxygen atoms in total. The average Bonchev–Trinajstić information content (AvgIpc) is 2.21. The number of hydrogen-bond donors (Lipinski definition) is 0. The quantitative estimate of drug-likeness (QED) is 0.663. The van der Waals surface area contributed by atoms with E-state index in [1.165, 1.54) is 19.3 Å². The van der Waals surface area contributed by atoms with E-state index in [1.54, 1.807) is 14.2 Å². The molecule has 1 rings (SSSR count). The predicted octanol–water partition coefficient (Wildman–Crippen LogP) is 2.86. The molecule has 0 amide bonds. The summed E-state index contributed by atoms with van der Waals surface area (Å²) in [6.45, 7) is 6.21. The average molecular weight is 188 g/mol. The highest BCUT2D eigenvalue weighted by molar-refractivity contribution is 4.80. The molecule has 80 valence electrons. The van der Waals surface area contributed by atoms with E-state index in [2.05, 4.69) is 6.92 Å². The van der Waals surface area contributed by atoms with Crippen LogP contribution in [0.1, 0.15) is 40.0 Å². The minimum atomic E-state index is 0.411. The van der Waals surface area contributed by atoms with Crippen molar-refractivity contribution in [1.29, 1.82) is 0 Å². The molecule has 0 bridgehead atoms. The summed E-state index contributed by atoms with van der Waals surface area (Å²) >= 11 is 0. The maximum absolute atomic E-state index is 5.36. The van der Waals surface area contributed by atoms with Crippen LogP contribution in [-0.2, 0) is 9.47 Å². The Morgan fingerprint density at radius 3 is 1.62 bits per heavy atom. The lowest BCUT2D eigenvalue weighted by molar-refractivity contribution is -0.0556. The van der Waals surface area contributed by atoms with Crippen molar-refractivity contribution in [2.45, 2.75) is 52.2 Å². The predicted molar refractivity (Wildman–Crippen MR) is 56.0 cm³/mol. The fourth-order valence-corrected chi connectivity index (χ4v) is 1.95. The van der Waals surface area contributed by atoms with Crippen LogP contribution in [0.4, 0.5) is 0 Å². The van der Waals surface area contributed by atoms with Crippen LogP contribution in [-0.4, -0.2) is 26.4 Å². The first kappa shape index (κ1) is 12.9. The molecule has 13 heavy (non-hydrogen) atoms. The zero-order valence-electron chi connectivity index (χ0n) is 9.67. The lowest BCUT2D eigenvalue weighted by Gasteiger charge is -2.33. The molecule has 0 aromatic heterocycles. The van der Waals surface area contributed by atoms with E-state index in [4.69, 9.17) is 9.47 Å². The molecule has 1 fully saturated rings. The van der Waals surface area contributed by atoms with Crippen molar-refractivity contribution in [2.24, 2.45) is 5.92 Å². The Labute approximate surface area is 82.6 Å². The second-order valence-corrected chi connectivity index (χ2v) is 3.34. The normalized spacial score (nSPS) is 33.5. The molecule has 2 unspecified atom stereocenters. The smallest absolute Gasteiger partial charge is 0.0621 e. The van der Waals surface area contributed by atoms with Gasteiger partial charge in [0.15, 0.2) is 0 Å². The van der Waals surface area contributed by atoms with Gasteiger partial charge in [0.1, 0.15) is 0 Å². The van der Waals surface area contributed by atoms with Gasteiger partial charge in [0.05, 0.1) is 12.2 Å². The third-order valence-corrected chi connectivity index (χ3v) is 2.76. The van der Waals surface area contributed by atoms with E-state index in [1.807, 2.05) is 13.8 Å². The van der Waals surface area contributed by atoms with Gasteiger partial charge in [-0.2, -0.15) is 0 Å². The first-order valence-corrected chi connectivity index (χ1v) is 5.35. The molecular weight excluding hydrogens is 164 g/mol. The van der Waals surface area contributed by atoms with Crippen LogP contribution in [0, 0.1) is 5.92 Å². The summed E-state index contributed by atoms with van der Waals surface area (Å²) in [7, 11) is 3.58. The summed E-state index contributed by atoms with van der Waals surface area (Å²) < 4.78 is 10.7. The summed E-state index contributed by atoms with van der Waals surface area (Å²) in [5.74, 6) is 0.554. The molecule has 2 atom stereocenters. The molecule has 0 aliphatic heterocycles. The Morgan fingerprint density at radius 1 is 0.923 bits per heavy atom. The van der Waals surface area contributed by atoms with Crippen molar-refractivity contribution in [3.63, 3.8) is 0 Å². The van der Waals surface area contributed by atoms with Crippen molar-refractivity contribution in [3.8, 4) is 0 Å². The zero-order chi connectivity index (χ0) is 10.3. The maximum Gasteiger partial charge on any atom is 0.0621 e. The van der Waals surface area contributed by atoms with Gasteiger partial charge in [0.2, 0.25) is 0 Å². The Bertz CT molecular complexity index is 103. The minimum Gasteiger partial charge on any atom is -0.381 e. The molecule has 0 saturated heterocycles. The highest BCUT2D eigenvalue weighted by atomic mass is 16.5. The molecule has 1 aliphatic rings. The highest BCUT2D eigenvalue weighted by Gasteiger charge is 2.29. The molecule has 0 N–H and O–H groups in total. The molecule has 1 aliphatic carbocycles. The SMILES string of the molecule is CC.COC1CCCC(OC)C1C. The van der Waals surface area contributed by atoms with Gasteiger partial charge in [-0.15, -0.1) is 0 Å². The van der Waals surface area contributed by atoms with E-state index in [0.717, 1.165) is 0 Å². The second-order valence-electron chi connectivity index (χ2n) is 3.34. The van der Waals surface area contributed by atoms with Gasteiger partial charge in [0, 0.05) is 20.1 Å². The van der Waals surface area contributed by atoms with Crippen LogP contribution in [0.3, 0.4) is 0 Å². The number of hydrogen-bond acceptors (Lipinski definition) is 2. The summed E-state index contributed by atoms with van der Waals surface area (Å²) in [5.41, 5.74) is 0. The third-order valence-electron chi connectivity index (χ3n) is 2.76. The van der Waals surface area contributed by atoms with Gasteiger partial charge in [-0.1, -0.05) is 20.8 Å². The summed E-state index contributed by atoms with van der Waals surface area (Å²) in [6, 6.07) is 0. The molecule has 2 heteroatoms. The van der Waals surface area contributed by atoms with Crippen molar-refractivity contribution < 1.29 is 9.47 Å². The van der Waals surface area contributed by atoms with E-state index in [9.17, 15) is 0 Å². The van der Waals surface area contributed by atoms with E-state index in [0.29, 0.717) is 18.1 Å². The lowest BCUT2D eigenvalue weighted by atomic mass is 9.85. The second kappa shape index (κ2) is 7.34. The fourth-order valence-electron chi connectivity index (χ4n) is 1.95. The van der Waals surface area contributed by atoms with Crippen LogP contribution in [0.25, 0.3) is 0 Å². The van der Waals surface area contributed by atoms with Crippen LogP contribution < -0.4 is 0 Å². The Morgan fingerprint density at radius 2 is 1.31 bits per heavy atom. The van der Waals surface area contributed by atoms with E-state index < -0.39 is 0 Å². The van der Waals surface area contributed by atoms with Crippen molar-refractivity contribution in [3.05, 3.63) is 0 Å². The van der Waals surface area contributed by atoms with Crippen molar-refractivity contribution in [1.82, 2.24) is 0 Å². The molecule has 0 spiro atoms. The van der Waals surface area contributed by atoms with Crippen LogP contribution in [0.2, 0.25) is 0 Å². The molecular formula is C11H24O2. The minimum absolute atomic E-state index is 0.411. The van der Waals surface area contributed by atoms with Crippen LogP contribution in [0.5, 0.6) is 0 Å². The number of rotatable bonds is 2. The summed E-state index contributed by atoms with van der Waals surface area (Å²) in [4.78, 5) is 0. The monoisotopic (exact) mass is 188 g/mol. The van der Waals surface area contributed by atoms with E-state index >= 15 is 0 Å². The van der Waals surface area contributed by atoms with E-state index in [-0.39, 0.29) is 0 Å².